The number of imidazole rings is 1. The van der Waals surface area contributed by atoms with Gasteiger partial charge in [-0.3, -0.25) is 4.79 Å². The number of ether oxygens (including phenoxy) is 1. The van der Waals surface area contributed by atoms with Crippen molar-refractivity contribution >= 4 is 11.8 Å². The molecule has 21 heavy (non-hydrogen) atoms. The number of hydrogen-bond acceptors (Lipinski definition) is 4. The molecular formula is C16H16N2O3. The van der Waals surface area contributed by atoms with Crippen LogP contribution in [0.25, 0.3) is 0 Å². The monoisotopic (exact) mass is 284 g/mol. The van der Waals surface area contributed by atoms with E-state index >= 15 is 0 Å². The molecule has 0 spiro atoms. The van der Waals surface area contributed by atoms with Crippen molar-refractivity contribution in [3.8, 4) is 0 Å². The zero-order valence-electron chi connectivity index (χ0n) is 11.8. The van der Waals surface area contributed by atoms with Gasteiger partial charge in [-0.1, -0.05) is 24.3 Å². The molecule has 1 heterocycles. The molecule has 5 nitrogen and oxygen atoms in total. The van der Waals surface area contributed by atoms with Crippen molar-refractivity contribution in [1.29, 1.82) is 0 Å². The second-order valence-electron chi connectivity index (χ2n) is 4.95. The lowest BCUT2D eigenvalue weighted by molar-refractivity contribution is 0.0503. The Hall–Kier alpha value is -2.43. The Morgan fingerprint density at radius 2 is 2.24 bits per heavy atom. The topological polar surface area (TPSA) is 61.2 Å². The van der Waals surface area contributed by atoms with Crippen LogP contribution in [0.3, 0.4) is 0 Å². The van der Waals surface area contributed by atoms with Crippen LogP contribution in [0.2, 0.25) is 0 Å². The third-order valence-electron chi connectivity index (χ3n) is 3.74. The van der Waals surface area contributed by atoms with E-state index in [0.29, 0.717) is 6.42 Å². The lowest BCUT2D eigenvalue weighted by Gasteiger charge is -2.25. The first-order valence-corrected chi connectivity index (χ1v) is 7.04. The van der Waals surface area contributed by atoms with Crippen LogP contribution in [0, 0.1) is 0 Å². The molecule has 0 radical (unpaired) electrons. The molecule has 0 amide bonds. The third-order valence-corrected chi connectivity index (χ3v) is 3.74. The highest BCUT2D eigenvalue weighted by atomic mass is 16.5. The van der Waals surface area contributed by atoms with E-state index in [4.69, 9.17) is 4.74 Å². The molecule has 0 bridgehead atoms. The van der Waals surface area contributed by atoms with Gasteiger partial charge in [0.2, 0.25) is 5.82 Å². The first kappa shape index (κ1) is 13.5. The number of hydrogen-bond donors (Lipinski definition) is 0. The van der Waals surface area contributed by atoms with Crippen molar-refractivity contribution in [1.82, 2.24) is 9.55 Å². The molecule has 0 N–H and O–H groups in total. The smallest absolute Gasteiger partial charge is 0.374 e. The van der Waals surface area contributed by atoms with Crippen molar-refractivity contribution in [2.75, 3.05) is 6.61 Å². The fourth-order valence-corrected chi connectivity index (χ4v) is 2.77. The van der Waals surface area contributed by atoms with Gasteiger partial charge in [-0.15, -0.1) is 0 Å². The largest absolute Gasteiger partial charge is 0.460 e. The van der Waals surface area contributed by atoms with Crippen LogP contribution in [0.5, 0.6) is 0 Å². The number of carbonyl (C=O) groups is 2. The molecule has 1 aromatic carbocycles. The van der Waals surface area contributed by atoms with Crippen LogP contribution >= 0.6 is 0 Å². The first-order chi connectivity index (χ1) is 10.2. The SMILES string of the molecule is CCOC(=O)c1nccn1C1CCc2ccccc2C1=O. The van der Waals surface area contributed by atoms with Crippen molar-refractivity contribution in [3.05, 3.63) is 53.6 Å². The predicted octanol–water partition coefficient (Wildman–Crippen LogP) is 2.43. The number of Topliss-reactive ketones (excluding diaryl/α,β-unsaturated/α-hetero) is 1. The van der Waals surface area contributed by atoms with Gasteiger partial charge in [0.1, 0.15) is 0 Å². The number of fused-ring (bicyclic) bond motifs is 1. The molecule has 0 saturated carbocycles. The minimum absolute atomic E-state index is 0.0281. The van der Waals surface area contributed by atoms with Crippen LogP contribution in [-0.2, 0) is 11.2 Å². The summed E-state index contributed by atoms with van der Waals surface area (Å²) in [4.78, 5) is 28.6. The summed E-state index contributed by atoms with van der Waals surface area (Å²) in [6.45, 7) is 2.03. The second kappa shape index (κ2) is 5.52. The first-order valence-electron chi connectivity index (χ1n) is 7.04. The summed E-state index contributed by atoms with van der Waals surface area (Å²) in [6.07, 6.45) is 4.68. The Balaban J connectivity index is 1.95. The zero-order valence-corrected chi connectivity index (χ0v) is 11.8. The molecular weight excluding hydrogens is 268 g/mol. The lowest BCUT2D eigenvalue weighted by atomic mass is 9.87. The van der Waals surface area contributed by atoms with Crippen molar-refractivity contribution in [2.45, 2.75) is 25.8 Å². The third kappa shape index (κ3) is 2.35. The summed E-state index contributed by atoms with van der Waals surface area (Å²) >= 11 is 0. The van der Waals surface area contributed by atoms with Crippen LogP contribution in [-0.4, -0.2) is 27.9 Å². The summed E-state index contributed by atoms with van der Waals surface area (Å²) in [5.41, 5.74) is 1.80. The Labute approximate surface area is 122 Å². The maximum atomic E-state index is 12.6. The van der Waals surface area contributed by atoms with Gasteiger partial charge in [0, 0.05) is 18.0 Å². The van der Waals surface area contributed by atoms with Crippen LogP contribution in [0.15, 0.2) is 36.7 Å². The molecule has 1 aliphatic rings. The van der Waals surface area contributed by atoms with E-state index in [1.54, 1.807) is 17.7 Å². The van der Waals surface area contributed by atoms with Gasteiger partial charge in [0.15, 0.2) is 5.78 Å². The summed E-state index contributed by atoms with van der Waals surface area (Å²) in [5, 5.41) is 0. The lowest BCUT2D eigenvalue weighted by Crippen LogP contribution is -2.28. The van der Waals surface area contributed by atoms with E-state index in [-0.39, 0.29) is 24.3 Å². The van der Waals surface area contributed by atoms with Crippen molar-refractivity contribution in [3.63, 3.8) is 0 Å². The van der Waals surface area contributed by atoms with E-state index in [2.05, 4.69) is 4.98 Å². The Kier molecular flexibility index (Phi) is 3.56. The summed E-state index contributed by atoms with van der Waals surface area (Å²) in [5.74, 6) is -0.274. The number of esters is 1. The van der Waals surface area contributed by atoms with Crippen LogP contribution in [0.4, 0.5) is 0 Å². The van der Waals surface area contributed by atoms with Crippen molar-refractivity contribution < 1.29 is 14.3 Å². The Morgan fingerprint density at radius 1 is 1.43 bits per heavy atom. The Bertz CT molecular complexity index is 690. The van der Waals surface area contributed by atoms with Gasteiger partial charge in [0.05, 0.1) is 12.6 Å². The minimum Gasteiger partial charge on any atom is -0.460 e. The Morgan fingerprint density at radius 3 is 3.05 bits per heavy atom. The molecule has 0 fully saturated rings. The van der Waals surface area contributed by atoms with Crippen LogP contribution in [0.1, 0.15) is 45.9 Å². The van der Waals surface area contributed by atoms with Gasteiger partial charge in [-0.25, -0.2) is 9.78 Å². The van der Waals surface area contributed by atoms with Gasteiger partial charge >= 0.3 is 5.97 Å². The molecule has 0 aliphatic heterocycles. The number of ketones is 1. The predicted molar refractivity (Wildman–Crippen MR) is 76.3 cm³/mol. The number of aromatic nitrogens is 2. The molecule has 108 valence electrons. The number of carbonyl (C=O) groups excluding carboxylic acids is 2. The number of benzene rings is 1. The quantitative estimate of drug-likeness (QED) is 0.812. The average Bonchev–Trinajstić information content (AvgIpc) is 2.97. The fraction of sp³-hybridized carbons (Fsp3) is 0.312. The van der Waals surface area contributed by atoms with E-state index in [9.17, 15) is 9.59 Å². The molecule has 5 heteroatoms. The van der Waals surface area contributed by atoms with Crippen molar-refractivity contribution in [2.24, 2.45) is 0 Å². The highest BCUT2D eigenvalue weighted by molar-refractivity contribution is 6.01. The molecule has 1 aromatic heterocycles. The molecule has 1 aliphatic carbocycles. The molecule has 1 atom stereocenters. The maximum Gasteiger partial charge on any atom is 0.374 e. The van der Waals surface area contributed by atoms with E-state index in [0.717, 1.165) is 17.5 Å². The second-order valence-corrected chi connectivity index (χ2v) is 4.95. The number of rotatable bonds is 3. The van der Waals surface area contributed by atoms with Gasteiger partial charge in [0.25, 0.3) is 0 Å². The van der Waals surface area contributed by atoms with E-state index in [1.165, 1.54) is 6.20 Å². The summed E-state index contributed by atoms with van der Waals surface area (Å²) in [6, 6.07) is 7.23. The molecule has 3 rings (SSSR count). The zero-order chi connectivity index (χ0) is 14.8. The fourth-order valence-electron chi connectivity index (χ4n) is 2.77. The standard InChI is InChI=1S/C16H16N2O3/c1-2-21-16(20)15-17-9-10-18(15)13-8-7-11-5-3-4-6-12(11)14(13)19/h3-6,9-10,13H,2,7-8H2,1H3. The maximum absolute atomic E-state index is 12.6. The number of nitrogens with zero attached hydrogens (tertiary/aromatic N) is 2. The number of aryl methyl sites for hydroxylation is 1. The van der Waals surface area contributed by atoms with E-state index < -0.39 is 5.97 Å². The van der Waals surface area contributed by atoms with E-state index in [1.807, 2.05) is 24.3 Å². The van der Waals surface area contributed by atoms with Gasteiger partial charge < -0.3 is 9.30 Å². The molecule has 2 aromatic rings. The highest BCUT2D eigenvalue weighted by Crippen LogP contribution is 2.29. The van der Waals surface area contributed by atoms with Gasteiger partial charge in [-0.2, -0.15) is 0 Å². The average molecular weight is 284 g/mol. The summed E-state index contributed by atoms with van der Waals surface area (Å²) in [7, 11) is 0. The highest BCUT2D eigenvalue weighted by Gasteiger charge is 2.31. The van der Waals surface area contributed by atoms with Crippen LogP contribution < -0.4 is 0 Å². The van der Waals surface area contributed by atoms with Gasteiger partial charge in [-0.05, 0) is 25.3 Å². The minimum atomic E-state index is -0.492. The molecule has 0 saturated heterocycles. The molecule has 1 unspecified atom stereocenters. The summed E-state index contributed by atoms with van der Waals surface area (Å²) < 4.78 is 6.62. The normalized spacial score (nSPS) is 17.4.